The van der Waals surface area contributed by atoms with Crippen molar-refractivity contribution >= 4 is 41.9 Å². The number of halogens is 2. The second kappa shape index (κ2) is 11.7. The largest absolute Gasteiger partial charge is 0.497 e. The van der Waals surface area contributed by atoms with Crippen LogP contribution in [0.2, 0.25) is 0 Å². The Hall–Kier alpha value is -1.91. The molecule has 0 aliphatic carbocycles. The Morgan fingerprint density at radius 3 is 1.74 bits per heavy atom. The van der Waals surface area contributed by atoms with Crippen LogP contribution in [0.1, 0.15) is 29.7 Å². The molecular weight excluding hydrogens is 586 g/mol. The lowest BCUT2D eigenvalue weighted by Crippen LogP contribution is -2.39. The Morgan fingerprint density at radius 2 is 1.32 bits per heavy atom. The van der Waals surface area contributed by atoms with Gasteiger partial charge in [0.25, 0.3) is 0 Å². The molecular formula is C25H27Br2NO5S. The third-order valence-electron chi connectivity index (χ3n) is 5.59. The van der Waals surface area contributed by atoms with E-state index in [2.05, 4.69) is 31.9 Å². The molecule has 0 bridgehead atoms. The predicted octanol–water partition coefficient (Wildman–Crippen LogP) is 5.68. The van der Waals surface area contributed by atoms with Crippen molar-refractivity contribution in [3.05, 3.63) is 92.4 Å². The number of aliphatic hydroxyl groups is 1. The summed E-state index contributed by atoms with van der Waals surface area (Å²) in [5.74, 6) is 1.38. The van der Waals surface area contributed by atoms with Gasteiger partial charge < -0.3 is 14.6 Å². The number of nitrogens with zero attached hydrogens (tertiary/aromatic N) is 1. The Kier molecular flexibility index (Phi) is 9.17. The highest BCUT2D eigenvalue weighted by Gasteiger charge is 2.35. The number of hydrogen-bond donors (Lipinski definition) is 1. The summed E-state index contributed by atoms with van der Waals surface area (Å²) in [4.78, 5) is 0. The molecule has 0 spiro atoms. The summed E-state index contributed by atoms with van der Waals surface area (Å²) in [7, 11) is -0.751. The van der Waals surface area contributed by atoms with Gasteiger partial charge in [-0.3, -0.25) is 0 Å². The molecule has 0 radical (unpaired) electrons. The van der Waals surface area contributed by atoms with E-state index in [4.69, 9.17) is 9.47 Å². The Balaban J connectivity index is 1.93. The van der Waals surface area contributed by atoms with E-state index in [0.29, 0.717) is 21.5 Å². The van der Waals surface area contributed by atoms with Crippen LogP contribution < -0.4 is 9.47 Å². The van der Waals surface area contributed by atoms with Crippen LogP contribution in [0.3, 0.4) is 0 Å². The van der Waals surface area contributed by atoms with Crippen molar-refractivity contribution in [1.82, 2.24) is 4.31 Å². The first-order valence-corrected chi connectivity index (χ1v) is 13.6. The summed E-state index contributed by atoms with van der Waals surface area (Å²) in [6, 6.07) is 19.8. The molecule has 3 aromatic rings. The van der Waals surface area contributed by atoms with Gasteiger partial charge >= 0.3 is 0 Å². The highest BCUT2D eigenvalue weighted by atomic mass is 79.9. The van der Waals surface area contributed by atoms with Gasteiger partial charge in [-0.05, 0) is 60.0 Å². The Bertz CT molecular complexity index is 1150. The summed E-state index contributed by atoms with van der Waals surface area (Å²) < 4.78 is 40.8. The van der Waals surface area contributed by atoms with E-state index in [1.54, 1.807) is 56.7 Å². The number of ether oxygens (including phenoxy) is 2. The maximum atomic E-state index is 13.8. The summed E-state index contributed by atoms with van der Waals surface area (Å²) in [6.45, 7) is 1.83. The molecule has 0 aromatic heterocycles. The number of methoxy groups -OCH3 is 2. The van der Waals surface area contributed by atoms with E-state index in [9.17, 15) is 13.5 Å². The average molecular weight is 613 g/mol. The first-order chi connectivity index (χ1) is 16.1. The first-order valence-electron chi connectivity index (χ1n) is 10.5. The van der Waals surface area contributed by atoms with Gasteiger partial charge in [-0.25, -0.2) is 8.42 Å². The Morgan fingerprint density at radius 1 is 0.853 bits per heavy atom. The lowest BCUT2D eigenvalue weighted by molar-refractivity contribution is 0.171. The van der Waals surface area contributed by atoms with Crippen molar-refractivity contribution in [2.75, 3.05) is 14.2 Å². The van der Waals surface area contributed by atoms with Crippen LogP contribution in [0.5, 0.6) is 11.5 Å². The standard InChI is InChI=1S/C25H27Br2NO5S/c1-17(25(29)23-13-8-20(26)14-24(23)27)34(30,31)28(15-18-4-9-21(32-2)10-5-18)16-19-6-11-22(33-3)12-7-19/h4-14,17,25,29H,15-16H2,1-3H3/t17-,25-/m1/s1. The van der Waals surface area contributed by atoms with Crippen LogP contribution in [0, 0.1) is 0 Å². The van der Waals surface area contributed by atoms with Gasteiger partial charge in [-0.1, -0.05) is 62.2 Å². The van der Waals surface area contributed by atoms with Gasteiger partial charge in [0.05, 0.1) is 20.3 Å². The molecule has 3 rings (SSSR count). The minimum absolute atomic E-state index is 0.150. The maximum absolute atomic E-state index is 13.8. The van der Waals surface area contributed by atoms with E-state index in [-0.39, 0.29) is 13.1 Å². The molecule has 182 valence electrons. The molecule has 0 saturated heterocycles. The van der Waals surface area contributed by atoms with Crippen LogP contribution in [0.4, 0.5) is 0 Å². The summed E-state index contributed by atoms with van der Waals surface area (Å²) >= 11 is 6.82. The van der Waals surface area contributed by atoms with Gasteiger partial charge in [-0.15, -0.1) is 0 Å². The Labute approximate surface area is 217 Å². The molecule has 0 fully saturated rings. The summed E-state index contributed by atoms with van der Waals surface area (Å²) in [6.07, 6.45) is -1.22. The van der Waals surface area contributed by atoms with Crippen molar-refractivity contribution in [2.24, 2.45) is 0 Å². The third-order valence-corrected chi connectivity index (χ3v) is 8.95. The fourth-order valence-electron chi connectivity index (χ4n) is 3.50. The molecule has 3 aromatic carbocycles. The summed E-state index contributed by atoms with van der Waals surface area (Å²) in [5.41, 5.74) is 2.13. The van der Waals surface area contributed by atoms with Crippen molar-refractivity contribution in [3.63, 3.8) is 0 Å². The number of rotatable bonds is 10. The number of aliphatic hydroxyl groups excluding tert-OH is 1. The topological polar surface area (TPSA) is 76.1 Å². The van der Waals surface area contributed by atoms with Crippen molar-refractivity contribution in [3.8, 4) is 11.5 Å². The monoisotopic (exact) mass is 611 g/mol. The van der Waals surface area contributed by atoms with Crippen molar-refractivity contribution in [1.29, 1.82) is 0 Å². The fraction of sp³-hybridized carbons (Fsp3) is 0.280. The fourth-order valence-corrected chi connectivity index (χ4v) is 6.38. The SMILES string of the molecule is COc1ccc(CN(Cc2ccc(OC)cc2)S(=O)(=O)[C@H](C)[C@@H](O)c2ccc(Br)cc2Br)cc1. The van der Waals surface area contributed by atoms with E-state index >= 15 is 0 Å². The van der Waals surface area contributed by atoms with Crippen LogP contribution >= 0.6 is 31.9 Å². The van der Waals surface area contributed by atoms with Gasteiger partial charge in [-0.2, -0.15) is 4.31 Å². The molecule has 0 amide bonds. The van der Waals surface area contributed by atoms with Crippen LogP contribution in [0.15, 0.2) is 75.7 Å². The molecule has 1 N–H and O–H groups in total. The van der Waals surface area contributed by atoms with Crippen LogP contribution in [0.25, 0.3) is 0 Å². The molecule has 9 heteroatoms. The zero-order chi connectivity index (χ0) is 24.9. The van der Waals surface area contributed by atoms with E-state index < -0.39 is 21.4 Å². The first kappa shape index (κ1) is 26.7. The molecule has 2 atom stereocenters. The van der Waals surface area contributed by atoms with E-state index in [0.717, 1.165) is 15.6 Å². The number of benzene rings is 3. The molecule has 0 unspecified atom stereocenters. The van der Waals surface area contributed by atoms with Crippen molar-refractivity contribution in [2.45, 2.75) is 31.4 Å². The van der Waals surface area contributed by atoms with Gasteiger partial charge in [0.1, 0.15) is 16.7 Å². The van der Waals surface area contributed by atoms with Crippen molar-refractivity contribution < 1.29 is 23.0 Å². The predicted molar refractivity (Wildman–Crippen MR) is 140 cm³/mol. The number of hydrogen-bond acceptors (Lipinski definition) is 5. The lowest BCUT2D eigenvalue weighted by Gasteiger charge is -2.29. The molecule has 6 nitrogen and oxygen atoms in total. The quantitative estimate of drug-likeness (QED) is 0.319. The lowest BCUT2D eigenvalue weighted by atomic mass is 10.1. The second-order valence-electron chi connectivity index (χ2n) is 7.82. The molecule has 0 saturated carbocycles. The second-order valence-corrected chi connectivity index (χ2v) is 11.9. The minimum atomic E-state index is -3.91. The number of sulfonamides is 1. The zero-order valence-corrected chi connectivity index (χ0v) is 23.1. The third kappa shape index (κ3) is 6.40. The van der Waals surface area contributed by atoms with Gasteiger partial charge in [0.2, 0.25) is 10.0 Å². The van der Waals surface area contributed by atoms with Gasteiger partial charge in [0, 0.05) is 22.0 Å². The molecule has 0 aliphatic rings. The van der Waals surface area contributed by atoms with E-state index in [1.807, 2.05) is 24.3 Å². The normalized spacial score (nSPS) is 13.5. The highest BCUT2D eigenvalue weighted by molar-refractivity contribution is 9.11. The minimum Gasteiger partial charge on any atom is -0.497 e. The smallest absolute Gasteiger partial charge is 0.220 e. The highest BCUT2D eigenvalue weighted by Crippen LogP contribution is 2.33. The molecule has 0 aliphatic heterocycles. The molecule has 0 heterocycles. The average Bonchev–Trinajstić information content (AvgIpc) is 2.83. The summed E-state index contributed by atoms with van der Waals surface area (Å²) in [5, 5.41) is 9.95. The van der Waals surface area contributed by atoms with Crippen LogP contribution in [-0.2, 0) is 23.1 Å². The van der Waals surface area contributed by atoms with Crippen LogP contribution in [-0.4, -0.2) is 37.3 Å². The zero-order valence-electron chi connectivity index (χ0n) is 19.1. The maximum Gasteiger partial charge on any atom is 0.220 e. The van der Waals surface area contributed by atoms with Gasteiger partial charge in [0.15, 0.2) is 0 Å². The van der Waals surface area contributed by atoms with E-state index in [1.165, 1.54) is 11.2 Å². The molecule has 34 heavy (non-hydrogen) atoms.